The van der Waals surface area contributed by atoms with Crippen LogP contribution in [0, 0.1) is 0 Å². The molecule has 0 spiro atoms. The van der Waals surface area contributed by atoms with Gasteiger partial charge < -0.3 is 14.8 Å². The minimum atomic E-state index is -0.475. The van der Waals surface area contributed by atoms with Crippen LogP contribution in [-0.2, 0) is 11.3 Å². The molecule has 0 fully saturated rings. The molecule has 0 aliphatic heterocycles. The maximum absolute atomic E-state index is 11.7. The van der Waals surface area contributed by atoms with Crippen molar-refractivity contribution in [1.29, 1.82) is 0 Å². The van der Waals surface area contributed by atoms with Gasteiger partial charge in [-0.05, 0) is 31.2 Å². The molecule has 0 radical (unpaired) electrons. The minimum Gasteiger partial charge on any atom is -0.508 e. The SMILES string of the molecule is CCCNC(=O)CN(C)Cc1cc(=O)oc2cc(O)ccc12. The van der Waals surface area contributed by atoms with E-state index in [4.69, 9.17) is 4.42 Å². The number of likely N-dealkylation sites (N-methyl/N-ethyl adjacent to an activating group) is 1. The Hall–Kier alpha value is -2.34. The molecular weight excluding hydrogens is 284 g/mol. The zero-order chi connectivity index (χ0) is 16.1. The van der Waals surface area contributed by atoms with Crippen molar-refractivity contribution >= 4 is 16.9 Å². The number of fused-ring (bicyclic) bond motifs is 1. The Balaban J connectivity index is 2.17. The van der Waals surface area contributed by atoms with E-state index < -0.39 is 5.63 Å². The molecule has 6 nitrogen and oxygen atoms in total. The van der Waals surface area contributed by atoms with Gasteiger partial charge in [-0.1, -0.05) is 6.92 Å². The monoisotopic (exact) mass is 304 g/mol. The van der Waals surface area contributed by atoms with Crippen molar-refractivity contribution in [3.63, 3.8) is 0 Å². The van der Waals surface area contributed by atoms with Crippen LogP contribution in [0.15, 0.2) is 33.5 Å². The normalized spacial score (nSPS) is 11.0. The number of amides is 1. The second-order valence-corrected chi connectivity index (χ2v) is 5.29. The van der Waals surface area contributed by atoms with Crippen molar-refractivity contribution in [3.8, 4) is 5.75 Å². The van der Waals surface area contributed by atoms with E-state index in [1.807, 2.05) is 18.9 Å². The second kappa shape index (κ2) is 7.09. The van der Waals surface area contributed by atoms with Gasteiger partial charge in [-0.15, -0.1) is 0 Å². The Kier molecular flexibility index (Phi) is 5.16. The third-order valence-corrected chi connectivity index (χ3v) is 3.24. The van der Waals surface area contributed by atoms with Gasteiger partial charge in [-0.2, -0.15) is 0 Å². The van der Waals surface area contributed by atoms with Gasteiger partial charge in [0.15, 0.2) is 0 Å². The summed E-state index contributed by atoms with van der Waals surface area (Å²) in [6, 6.07) is 6.07. The summed E-state index contributed by atoms with van der Waals surface area (Å²) in [5.41, 5.74) is 0.625. The van der Waals surface area contributed by atoms with Gasteiger partial charge in [-0.3, -0.25) is 9.69 Å². The average Bonchev–Trinajstić information content (AvgIpc) is 2.44. The average molecular weight is 304 g/mol. The molecule has 0 bridgehead atoms. The number of nitrogens with zero attached hydrogens (tertiary/aromatic N) is 1. The highest BCUT2D eigenvalue weighted by Crippen LogP contribution is 2.22. The van der Waals surface area contributed by atoms with Crippen LogP contribution < -0.4 is 10.9 Å². The van der Waals surface area contributed by atoms with Gasteiger partial charge in [-0.25, -0.2) is 4.79 Å². The van der Waals surface area contributed by atoms with E-state index in [1.165, 1.54) is 12.1 Å². The molecular formula is C16H20N2O4. The summed E-state index contributed by atoms with van der Waals surface area (Å²) >= 11 is 0. The number of benzene rings is 1. The highest BCUT2D eigenvalue weighted by Gasteiger charge is 2.11. The second-order valence-electron chi connectivity index (χ2n) is 5.29. The highest BCUT2D eigenvalue weighted by atomic mass is 16.4. The first kappa shape index (κ1) is 16.0. The number of hydrogen-bond acceptors (Lipinski definition) is 5. The topological polar surface area (TPSA) is 82.8 Å². The molecule has 0 saturated carbocycles. The number of phenols is 1. The predicted octanol–water partition coefficient (Wildman–Crippen LogP) is 1.46. The number of nitrogens with one attached hydrogen (secondary N) is 1. The highest BCUT2D eigenvalue weighted by molar-refractivity contribution is 5.81. The van der Waals surface area contributed by atoms with E-state index in [-0.39, 0.29) is 18.2 Å². The molecule has 0 unspecified atom stereocenters. The Labute approximate surface area is 128 Å². The summed E-state index contributed by atoms with van der Waals surface area (Å²) in [7, 11) is 1.81. The molecule has 1 aromatic carbocycles. The van der Waals surface area contributed by atoms with Crippen molar-refractivity contribution in [2.75, 3.05) is 20.1 Å². The zero-order valence-corrected chi connectivity index (χ0v) is 12.8. The molecule has 0 aliphatic carbocycles. The van der Waals surface area contributed by atoms with Crippen molar-refractivity contribution in [1.82, 2.24) is 10.2 Å². The van der Waals surface area contributed by atoms with Crippen LogP contribution in [-0.4, -0.2) is 36.1 Å². The molecule has 2 N–H and O–H groups in total. The predicted molar refractivity (Wildman–Crippen MR) is 83.8 cm³/mol. The zero-order valence-electron chi connectivity index (χ0n) is 12.8. The van der Waals surface area contributed by atoms with Crippen LogP contribution in [0.25, 0.3) is 11.0 Å². The largest absolute Gasteiger partial charge is 0.508 e. The summed E-state index contributed by atoms with van der Waals surface area (Å²) in [6.07, 6.45) is 0.892. The number of hydrogen-bond donors (Lipinski definition) is 2. The Morgan fingerprint density at radius 3 is 2.86 bits per heavy atom. The quantitative estimate of drug-likeness (QED) is 0.789. The van der Waals surface area contributed by atoms with Crippen LogP contribution in [0.3, 0.4) is 0 Å². The molecule has 2 rings (SSSR count). The number of phenolic OH excluding ortho intramolecular Hbond substituents is 1. The summed E-state index contributed by atoms with van der Waals surface area (Å²) in [6.45, 7) is 3.34. The molecule has 1 amide bonds. The van der Waals surface area contributed by atoms with Gasteiger partial charge in [0.05, 0.1) is 6.54 Å². The minimum absolute atomic E-state index is 0.0418. The Morgan fingerprint density at radius 1 is 1.36 bits per heavy atom. The van der Waals surface area contributed by atoms with Crippen molar-refractivity contribution in [2.24, 2.45) is 0 Å². The summed E-state index contributed by atoms with van der Waals surface area (Å²) in [5, 5.41) is 13.0. The summed E-state index contributed by atoms with van der Waals surface area (Å²) < 4.78 is 5.09. The van der Waals surface area contributed by atoms with Crippen molar-refractivity contribution < 1.29 is 14.3 Å². The number of aromatic hydroxyl groups is 1. The molecule has 0 aliphatic rings. The number of carbonyl (C=O) groups is 1. The Bertz CT molecular complexity index is 724. The van der Waals surface area contributed by atoms with E-state index in [0.717, 1.165) is 17.4 Å². The van der Waals surface area contributed by atoms with Crippen LogP contribution in [0.4, 0.5) is 0 Å². The molecule has 2 aromatic rings. The summed E-state index contributed by atoms with van der Waals surface area (Å²) in [4.78, 5) is 25.2. The fraction of sp³-hybridized carbons (Fsp3) is 0.375. The van der Waals surface area contributed by atoms with Crippen LogP contribution >= 0.6 is 0 Å². The molecule has 118 valence electrons. The van der Waals surface area contributed by atoms with E-state index in [0.29, 0.717) is 18.7 Å². The lowest BCUT2D eigenvalue weighted by Crippen LogP contribution is -2.35. The molecule has 22 heavy (non-hydrogen) atoms. The van der Waals surface area contributed by atoms with Crippen molar-refractivity contribution in [2.45, 2.75) is 19.9 Å². The van der Waals surface area contributed by atoms with Gasteiger partial charge in [0, 0.05) is 30.6 Å². The Morgan fingerprint density at radius 2 is 2.14 bits per heavy atom. The fourth-order valence-electron chi connectivity index (χ4n) is 2.26. The van der Waals surface area contributed by atoms with Crippen LogP contribution in [0.1, 0.15) is 18.9 Å². The standard InChI is InChI=1S/C16H20N2O4/c1-3-6-17-15(20)10-18(2)9-11-7-16(21)22-14-8-12(19)4-5-13(11)14/h4-5,7-8,19H,3,6,9-10H2,1-2H3,(H,17,20). The van der Waals surface area contributed by atoms with E-state index in [9.17, 15) is 14.7 Å². The van der Waals surface area contributed by atoms with Crippen LogP contribution in [0.5, 0.6) is 5.75 Å². The third kappa shape index (κ3) is 4.08. The van der Waals surface area contributed by atoms with E-state index >= 15 is 0 Å². The van der Waals surface area contributed by atoms with Gasteiger partial charge in [0.1, 0.15) is 11.3 Å². The summed E-state index contributed by atoms with van der Waals surface area (Å²) in [5.74, 6) is -0.00522. The molecule has 0 saturated heterocycles. The first-order valence-corrected chi connectivity index (χ1v) is 7.20. The third-order valence-electron chi connectivity index (χ3n) is 3.24. The number of rotatable bonds is 6. The van der Waals surface area contributed by atoms with Crippen LogP contribution in [0.2, 0.25) is 0 Å². The molecule has 1 aromatic heterocycles. The van der Waals surface area contributed by atoms with E-state index in [2.05, 4.69) is 5.32 Å². The lowest BCUT2D eigenvalue weighted by atomic mass is 10.1. The maximum atomic E-state index is 11.7. The molecule has 0 atom stereocenters. The lowest BCUT2D eigenvalue weighted by Gasteiger charge is -2.17. The van der Waals surface area contributed by atoms with Gasteiger partial charge >= 0.3 is 5.63 Å². The van der Waals surface area contributed by atoms with Gasteiger partial charge in [0.2, 0.25) is 5.91 Å². The van der Waals surface area contributed by atoms with Crippen molar-refractivity contribution in [3.05, 3.63) is 40.2 Å². The molecule has 1 heterocycles. The van der Waals surface area contributed by atoms with E-state index in [1.54, 1.807) is 12.1 Å². The number of carbonyl (C=O) groups excluding carboxylic acids is 1. The lowest BCUT2D eigenvalue weighted by molar-refractivity contribution is -0.122. The fourth-order valence-corrected chi connectivity index (χ4v) is 2.26. The van der Waals surface area contributed by atoms with Gasteiger partial charge in [0.25, 0.3) is 0 Å². The first-order chi connectivity index (χ1) is 10.5. The molecule has 6 heteroatoms. The first-order valence-electron chi connectivity index (χ1n) is 7.20. The smallest absolute Gasteiger partial charge is 0.336 e. The maximum Gasteiger partial charge on any atom is 0.336 e.